The summed E-state index contributed by atoms with van der Waals surface area (Å²) in [5.41, 5.74) is 7.71. The van der Waals surface area contributed by atoms with Crippen LogP contribution in [0.5, 0.6) is 11.5 Å². The molecule has 0 aromatic heterocycles. The molecule has 0 fully saturated rings. The van der Waals surface area contributed by atoms with Gasteiger partial charge in [0, 0.05) is 12.8 Å². The third kappa shape index (κ3) is 5.07. The highest BCUT2D eigenvalue weighted by atomic mass is 19.4. The van der Waals surface area contributed by atoms with E-state index >= 15 is 0 Å². The lowest BCUT2D eigenvalue weighted by molar-refractivity contribution is -0.275. The van der Waals surface area contributed by atoms with Crippen molar-refractivity contribution in [1.29, 1.82) is 0 Å². The molecule has 0 heterocycles. The fraction of sp³-hybridized carbons (Fsp3) is 0.250. The summed E-state index contributed by atoms with van der Waals surface area (Å²) >= 11 is 0. The summed E-state index contributed by atoms with van der Waals surface area (Å²) in [6.07, 6.45) is -4.79. The summed E-state index contributed by atoms with van der Waals surface area (Å²) in [4.78, 5) is 0. The van der Waals surface area contributed by atoms with Crippen LogP contribution in [-0.2, 0) is 4.74 Å². The Morgan fingerprint density at radius 3 is 2.17 bits per heavy atom. The molecule has 0 aliphatic rings. The number of ether oxygens (including phenoxy) is 3. The highest BCUT2D eigenvalue weighted by Crippen LogP contribution is 2.36. The zero-order valence-corrected chi connectivity index (χ0v) is 12.4. The smallest absolute Gasteiger partial charge is 0.487 e. The number of alkyl halides is 3. The van der Waals surface area contributed by atoms with Crippen molar-refractivity contribution in [1.82, 2.24) is 0 Å². The van der Waals surface area contributed by atoms with Gasteiger partial charge in [0.25, 0.3) is 0 Å². The Kier molecular flexibility index (Phi) is 5.33. The van der Waals surface area contributed by atoms with Gasteiger partial charge in [-0.3, -0.25) is 0 Å². The molecule has 0 spiro atoms. The van der Waals surface area contributed by atoms with E-state index in [0.29, 0.717) is 11.3 Å². The van der Waals surface area contributed by atoms with Crippen molar-refractivity contribution >= 4 is 5.69 Å². The molecule has 124 valence electrons. The molecule has 4 nitrogen and oxygen atoms in total. The van der Waals surface area contributed by atoms with E-state index in [4.69, 9.17) is 15.2 Å². The molecular formula is C16H16F3NO3. The molecule has 0 aliphatic carbocycles. The second-order valence-corrected chi connectivity index (χ2v) is 4.67. The molecule has 2 aromatic rings. The number of hydrogen-bond acceptors (Lipinski definition) is 4. The van der Waals surface area contributed by atoms with Crippen molar-refractivity contribution < 1.29 is 27.4 Å². The molecule has 7 heteroatoms. The minimum absolute atomic E-state index is 0.00583. The van der Waals surface area contributed by atoms with Crippen LogP contribution in [0.25, 0.3) is 11.1 Å². The average Bonchev–Trinajstić information content (AvgIpc) is 2.48. The van der Waals surface area contributed by atoms with Crippen LogP contribution in [-0.4, -0.2) is 26.7 Å². The summed E-state index contributed by atoms with van der Waals surface area (Å²) in [6, 6.07) is 11.2. The maximum absolute atomic E-state index is 12.5. The van der Waals surface area contributed by atoms with Gasteiger partial charge in [0.1, 0.15) is 6.61 Å². The number of nitrogens with two attached hydrogens (primary N) is 1. The lowest BCUT2D eigenvalue weighted by atomic mass is 10.0. The fourth-order valence-corrected chi connectivity index (χ4v) is 1.92. The standard InChI is InChI=1S/C16H16F3NO3/c1-21-8-9-22-15-10-12(11-2-5-13(20)6-3-11)4-7-14(15)23-16(17,18)19/h2-7,10H,8-9,20H2,1H3. The van der Waals surface area contributed by atoms with Gasteiger partial charge in [-0.25, -0.2) is 0 Å². The molecule has 0 unspecified atom stereocenters. The van der Waals surface area contributed by atoms with Gasteiger partial charge in [0.2, 0.25) is 0 Å². The third-order valence-corrected chi connectivity index (χ3v) is 2.96. The molecule has 0 amide bonds. The van der Waals surface area contributed by atoms with E-state index in [2.05, 4.69) is 4.74 Å². The molecule has 0 aliphatic heterocycles. The fourth-order valence-electron chi connectivity index (χ4n) is 1.92. The van der Waals surface area contributed by atoms with E-state index in [1.165, 1.54) is 25.3 Å². The second-order valence-electron chi connectivity index (χ2n) is 4.67. The highest BCUT2D eigenvalue weighted by molar-refractivity contribution is 5.68. The van der Waals surface area contributed by atoms with Crippen LogP contribution in [0.2, 0.25) is 0 Å². The third-order valence-electron chi connectivity index (χ3n) is 2.96. The number of hydrogen-bond donors (Lipinski definition) is 1. The van der Waals surface area contributed by atoms with Gasteiger partial charge >= 0.3 is 6.36 Å². The van der Waals surface area contributed by atoms with Crippen molar-refractivity contribution in [3.8, 4) is 22.6 Å². The van der Waals surface area contributed by atoms with Gasteiger partial charge in [0.15, 0.2) is 11.5 Å². The molecule has 0 saturated carbocycles. The van der Waals surface area contributed by atoms with Crippen molar-refractivity contribution in [2.24, 2.45) is 0 Å². The normalized spacial score (nSPS) is 11.3. The maximum atomic E-state index is 12.5. The van der Waals surface area contributed by atoms with Crippen LogP contribution in [0.3, 0.4) is 0 Å². The Hall–Kier alpha value is -2.41. The average molecular weight is 327 g/mol. The van der Waals surface area contributed by atoms with E-state index < -0.39 is 12.1 Å². The van der Waals surface area contributed by atoms with Gasteiger partial charge in [-0.2, -0.15) is 0 Å². The molecule has 0 radical (unpaired) electrons. The molecule has 2 N–H and O–H groups in total. The van der Waals surface area contributed by atoms with E-state index in [1.807, 2.05) is 0 Å². The summed E-state index contributed by atoms with van der Waals surface area (Å²) in [5, 5.41) is 0. The van der Waals surface area contributed by atoms with Crippen molar-refractivity contribution in [2.45, 2.75) is 6.36 Å². The van der Waals surface area contributed by atoms with Gasteiger partial charge in [-0.05, 0) is 35.4 Å². The van der Waals surface area contributed by atoms with Gasteiger partial charge in [-0.1, -0.05) is 18.2 Å². The predicted molar refractivity (Wildman–Crippen MR) is 80.3 cm³/mol. The van der Waals surface area contributed by atoms with Gasteiger partial charge < -0.3 is 19.9 Å². The molecule has 2 rings (SSSR count). The number of anilines is 1. The number of methoxy groups -OCH3 is 1. The summed E-state index contributed by atoms with van der Waals surface area (Å²) in [6.45, 7) is 0.355. The Morgan fingerprint density at radius 2 is 1.57 bits per heavy atom. The quantitative estimate of drug-likeness (QED) is 0.646. The van der Waals surface area contributed by atoms with Crippen molar-refractivity contribution in [3.63, 3.8) is 0 Å². The van der Waals surface area contributed by atoms with Crippen molar-refractivity contribution in [3.05, 3.63) is 42.5 Å². The lowest BCUT2D eigenvalue weighted by Crippen LogP contribution is -2.18. The number of nitrogen functional groups attached to an aromatic ring is 1. The largest absolute Gasteiger partial charge is 0.573 e. The molecular weight excluding hydrogens is 311 g/mol. The first-order valence-electron chi connectivity index (χ1n) is 6.76. The van der Waals surface area contributed by atoms with Gasteiger partial charge in [-0.15, -0.1) is 13.2 Å². The summed E-state index contributed by atoms with van der Waals surface area (Å²) in [5.74, 6) is -0.401. The lowest BCUT2D eigenvalue weighted by Gasteiger charge is -2.15. The molecule has 0 atom stereocenters. The summed E-state index contributed by atoms with van der Waals surface area (Å²) in [7, 11) is 1.47. The molecule has 0 bridgehead atoms. The SMILES string of the molecule is COCCOc1cc(-c2ccc(N)cc2)ccc1OC(F)(F)F. The zero-order valence-electron chi connectivity index (χ0n) is 12.4. The first kappa shape index (κ1) is 17.0. The highest BCUT2D eigenvalue weighted by Gasteiger charge is 2.32. The van der Waals surface area contributed by atoms with E-state index in [-0.39, 0.29) is 19.0 Å². The maximum Gasteiger partial charge on any atom is 0.573 e. The number of rotatable bonds is 6. The number of halogens is 3. The minimum Gasteiger partial charge on any atom is -0.487 e. The van der Waals surface area contributed by atoms with Crippen molar-refractivity contribution in [2.75, 3.05) is 26.1 Å². The van der Waals surface area contributed by atoms with Crippen LogP contribution < -0.4 is 15.2 Å². The molecule has 2 aromatic carbocycles. The Labute approximate surface area is 131 Å². The Morgan fingerprint density at radius 1 is 0.913 bits per heavy atom. The minimum atomic E-state index is -4.79. The van der Waals surface area contributed by atoms with Crippen LogP contribution >= 0.6 is 0 Å². The monoisotopic (exact) mass is 327 g/mol. The topological polar surface area (TPSA) is 53.7 Å². The van der Waals surface area contributed by atoms with Crippen LogP contribution in [0.1, 0.15) is 0 Å². The first-order valence-corrected chi connectivity index (χ1v) is 6.76. The van der Waals surface area contributed by atoms with E-state index in [0.717, 1.165) is 5.56 Å². The van der Waals surface area contributed by atoms with E-state index in [1.54, 1.807) is 24.3 Å². The second kappa shape index (κ2) is 7.23. The predicted octanol–water partition coefficient (Wildman–Crippen LogP) is 3.86. The Balaban J connectivity index is 2.31. The van der Waals surface area contributed by atoms with Crippen LogP contribution in [0.15, 0.2) is 42.5 Å². The number of benzene rings is 2. The molecule has 0 saturated heterocycles. The van der Waals surface area contributed by atoms with Crippen LogP contribution in [0, 0.1) is 0 Å². The van der Waals surface area contributed by atoms with Gasteiger partial charge in [0.05, 0.1) is 6.61 Å². The molecule has 23 heavy (non-hydrogen) atoms. The van der Waals surface area contributed by atoms with Crippen LogP contribution in [0.4, 0.5) is 18.9 Å². The Bertz CT molecular complexity index is 642. The first-order chi connectivity index (χ1) is 10.9. The summed E-state index contributed by atoms with van der Waals surface area (Å²) < 4.78 is 51.5. The van der Waals surface area contributed by atoms with E-state index in [9.17, 15) is 13.2 Å². The zero-order chi connectivity index (χ0) is 16.9.